The van der Waals surface area contributed by atoms with Crippen molar-refractivity contribution in [3.63, 3.8) is 0 Å². The van der Waals surface area contributed by atoms with Crippen LogP contribution in [0.2, 0.25) is 0 Å². The lowest BCUT2D eigenvalue weighted by molar-refractivity contribution is -0.384. The summed E-state index contributed by atoms with van der Waals surface area (Å²) in [5, 5.41) is 11.0. The van der Waals surface area contributed by atoms with E-state index in [0.717, 1.165) is 6.07 Å². The summed E-state index contributed by atoms with van der Waals surface area (Å²) >= 11 is 0. The van der Waals surface area contributed by atoms with Gasteiger partial charge in [-0.1, -0.05) is 0 Å². The van der Waals surface area contributed by atoms with E-state index in [1.165, 1.54) is 12.1 Å². The van der Waals surface area contributed by atoms with Gasteiger partial charge < -0.3 is 9.64 Å². The Bertz CT molecular complexity index is 505. The molecule has 0 aromatic heterocycles. The lowest BCUT2D eigenvalue weighted by atomic mass is 10.0. The van der Waals surface area contributed by atoms with Crippen LogP contribution < -0.4 is 4.90 Å². The van der Waals surface area contributed by atoms with Crippen LogP contribution >= 0.6 is 0 Å². The molecule has 1 atom stereocenters. The molecule has 0 bridgehead atoms. The van der Waals surface area contributed by atoms with Gasteiger partial charge in [-0.2, -0.15) is 0 Å². The first-order valence-electron chi connectivity index (χ1n) is 6.15. The van der Waals surface area contributed by atoms with Crippen molar-refractivity contribution in [1.29, 1.82) is 0 Å². The van der Waals surface area contributed by atoms with Gasteiger partial charge in [-0.25, -0.2) is 4.39 Å². The third-order valence-corrected chi connectivity index (χ3v) is 3.04. The van der Waals surface area contributed by atoms with Gasteiger partial charge in [0.15, 0.2) is 0 Å². The maximum absolute atomic E-state index is 13.2. The summed E-state index contributed by atoms with van der Waals surface area (Å²) in [4.78, 5) is 12.4. The summed E-state index contributed by atoms with van der Waals surface area (Å²) in [5.74, 6) is -0.601. The van der Waals surface area contributed by atoms with Gasteiger partial charge >= 0.3 is 0 Å². The molecule has 1 aromatic rings. The first-order chi connectivity index (χ1) is 8.78. The Balaban J connectivity index is 2.38. The summed E-state index contributed by atoms with van der Waals surface area (Å²) in [6.45, 7) is 6.87. The second-order valence-electron chi connectivity index (χ2n) is 5.46. The Morgan fingerprint density at radius 2 is 2.21 bits per heavy atom. The molecule has 19 heavy (non-hydrogen) atoms. The van der Waals surface area contributed by atoms with E-state index >= 15 is 0 Å². The summed E-state index contributed by atoms with van der Waals surface area (Å²) < 4.78 is 18.9. The minimum Gasteiger partial charge on any atom is -0.369 e. The fourth-order valence-corrected chi connectivity index (χ4v) is 2.55. The van der Waals surface area contributed by atoms with Gasteiger partial charge in [0.05, 0.1) is 22.7 Å². The highest BCUT2D eigenvalue weighted by atomic mass is 19.1. The molecule has 1 aliphatic heterocycles. The zero-order chi connectivity index (χ0) is 14.2. The molecule has 1 aliphatic rings. The Kier molecular flexibility index (Phi) is 3.45. The van der Waals surface area contributed by atoms with Crippen LogP contribution in [0.15, 0.2) is 18.2 Å². The number of ether oxygens (including phenoxy) is 1. The molecule has 0 aliphatic carbocycles. The number of hydrogen-bond acceptors (Lipinski definition) is 4. The molecule has 1 saturated heterocycles. The smallest absolute Gasteiger partial charge is 0.295 e. The molecule has 0 spiro atoms. The Morgan fingerprint density at radius 3 is 2.79 bits per heavy atom. The van der Waals surface area contributed by atoms with Crippen molar-refractivity contribution in [2.45, 2.75) is 32.5 Å². The van der Waals surface area contributed by atoms with Crippen LogP contribution in [0.3, 0.4) is 0 Å². The zero-order valence-corrected chi connectivity index (χ0v) is 11.2. The van der Waals surface area contributed by atoms with Crippen LogP contribution in [0.25, 0.3) is 0 Å². The lowest BCUT2D eigenvalue weighted by Crippen LogP contribution is -2.52. The molecule has 0 amide bonds. The van der Waals surface area contributed by atoms with Crippen molar-refractivity contribution in [1.82, 2.24) is 0 Å². The highest BCUT2D eigenvalue weighted by Gasteiger charge is 2.34. The summed E-state index contributed by atoms with van der Waals surface area (Å²) in [7, 11) is 0. The normalized spacial score (nSPS) is 22.3. The van der Waals surface area contributed by atoms with Gasteiger partial charge in [0.1, 0.15) is 11.5 Å². The monoisotopic (exact) mass is 268 g/mol. The molecule has 0 radical (unpaired) electrons. The molecule has 1 fully saturated rings. The maximum atomic E-state index is 13.2. The van der Waals surface area contributed by atoms with Crippen molar-refractivity contribution < 1.29 is 14.1 Å². The van der Waals surface area contributed by atoms with E-state index in [1.54, 1.807) is 0 Å². The Labute approximate surface area is 111 Å². The van der Waals surface area contributed by atoms with E-state index in [4.69, 9.17) is 4.74 Å². The van der Waals surface area contributed by atoms with Crippen molar-refractivity contribution in [3.8, 4) is 0 Å². The molecular weight excluding hydrogens is 251 g/mol. The molecule has 0 saturated carbocycles. The fourth-order valence-electron chi connectivity index (χ4n) is 2.55. The van der Waals surface area contributed by atoms with Crippen LogP contribution in [0.1, 0.15) is 20.8 Å². The number of rotatable bonds is 2. The first-order valence-corrected chi connectivity index (χ1v) is 6.15. The van der Waals surface area contributed by atoms with Gasteiger partial charge in [-0.15, -0.1) is 0 Å². The summed E-state index contributed by atoms with van der Waals surface area (Å²) in [6.07, 6.45) is -0.0339. The minimum absolute atomic E-state index is 0.0339. The molecule has 5 nitrogen and oxygen atoms in total. The average molecular weight is 268 g/mol. The van der Waals surface area contributed by atoms with E-state index in [2.05, 4.69) is 0 Å². The number of nitrogens with zero attached hydrogens (tertiary/aromatic N) is 2. The van der Waals surface area contributed by atoms with E-state index in [0.29, 0.717) is 18.8 Å². The number of nitro benzene ring substituents is 1. The van der Waals surface area contributed by atoms with E-state index in [1.807, 2.05) is 25.7 Å². The van der Waals surface area contributed by atoms with Crippen LogP contribution in [0.4, 0.5) is 15.8 Å². The fraction of sp³-hybridized carbons (Fsp3) is 0.538. The second-order valence-corrected chi connectivity index (χ2v) is 5.46. The number of halogens is 1. The number of hydrogen-bond donors (Lipinski definition) is 0. The standard InChI is InChI=1S/C13H17FN2O3/c1-9-7-15(8-13(2,3)19-9)11-5-4-10(14)6-12(11)16(17)18/h4-6,9H,7-8H2,1-3H3. The number of anilines is 1. The highest BCUT2D eigenvalue weighted by molar-refractivity contribution is 5.63. The molecule has 1 unspecified atom stereocenters. The van der Waals surface area contributed by atoms with Crippen molar-refractivity contribution in [2.75, 3.05) is 18.0 Å². The molecular formula is C13H17FN2O3. The summed E-state index contributed by atoms with van der Waals surface area (Å²) in [5.41, 5.74) is -0.153. The lowest BCUT2D eigenvalue weighted by Gasteiger charge is -2.42. The predicted octanol–water partition coefficient (Wildman–Crippen LogP) is 2.74. The molecule has 6 heteroatoms. The zero-order valence-electron chi connectivity index (χ0n) is 11.2. The highest BCUT2D eigenvalue weighted by Crippen LogP contribution is 2.33. The molecule has 2 rings (SSSR count). The third kappa shape index (κ3) is 3.01. The first kappa shape index (κ1) is 13.7. The Hall–Kier alpha value is -1.69. The Morgan fingerprint density at radius 1 is 1.53 bits per heavy atom. The van der Waals surface area contributed by atoms with E-state index in [-0.39, 0.29) is 17.4 Å². The SMILES string of the molecule is CC1CN(c2ccc(F)cc2[N+](=O)[O-])CC(C)(C)O1. The van der Waals surface area contributed by atoms with Crippen LogP contribution in [0, 0.1) is 15.9 Å². The summed E-state index contributed by atoms with van der Waals surface area (Å²) in [6, 6.07) is 3.67. The van der Waals surface area contributed by atoms with E-state index < -0.39 is 10.7 Å². The second kappa shape index (κ2) is 4.77. The molecule has 0 N–H and O–H groups in total. The van der Waals surface area contributed by atoms with Gasteiger partial charge in [-0.05, 0) is 32.9 Å². The maximum Gasteiger partial charge on any atom is 0.295 e. The minimum atomic E-state index is -0.601. The predicted molar refractivity (Wildman–Crippen MR) is 69.9 cm³/mol. The van der Waals surface area contributed by atoms with Gasteiger partial charge in [0, 0.05) is 13.1 Å². The molecule has 1 aromatic carbocycles. The van der Waals surface area contributed by atoms with E-state index in [9.17, 15) is 14.5 Å². The largest absolute Gasteiger partial charge is 0.369 e. The molecule has 1 heterocycles. The van der Waals surface area contributed by atoms with Crippen molar-refractivity contribution >= 4 is 11.4 Å². The number of morpholine rings is 1. The van der Waals surface area contributed by atoms with Gasteiger partial charge in [0.2, 0.25) is 0 Å². The quantitative estimate of drug-likeness (QED) is 0.611. The van der Waals surface area contributed by atoms with Gasteiger partial charge in [-0.3, -0.25) is 10.1 Å². The van der Waals surface area contributed by atoms with Crippen LogP contribution in [0.5, 0.6) is 0 Å². The third-order valence-electron chi connectivity index (χ3n) is 3.04. The average Bonchev–Trinajstić information content (AvgIpc) is 2.25. The van der Waals surface area contributed by atoms with Crippen molar-refractivity contribution in [3.05, 3.63) is 34.1 Å². The van der Waals surface area contributed by atoms with Crippen LogP contribution in [-0.2, 0) is 4.74 Å². The van der Waals surface area contributed by atoms with Gasteiger partial charge in [0.25, 0.3) is 5.69 Å². The van der Waals surface area contributed by atoms with Crippen molar-refractivity contribution in [2.24, 2.45) is 0 Å². The van der Waals surface area contributed by atoms with Crippen LogP contribution in [-0.4, -0.2) is 29.7 Å². The number of benzene rings is 1. The molecule has 104 valence electrons. The topological polar surface area (TPSA) is 55.6 Å². The number of nitro groups is 1.